The highest BCUT2D eigenvalue weighted by Gasteiger charge is 2.17. The second kappa shape index (κ2) is 9.16. The lowest BCUT2D eigenvalue weighted by Gasteiger charge is -2.14. The van der Waals surface area contributed by atoms with E-state index in [1.165, 1.54) is 10.9 Å². The first kappa shape index (κ1) is 19.6. The van der Waals surface area contributed by atoms with Crippen LogP contribution in [0.3, 0.4) is 0 Å². The fourth-order valence-corrected chi connectivity index (χ4v) is 4.75. The van der Waals surface area contributed by atoms with Gasteiger partial charge in [-0.05, 0) is 47.1 Å². The third-order valence-electron chi connectivity index (χ3n) is 4.87. The van der Waals surface area contributed by atoms with Crippen LogP contribution in [0, 0.1) is 0 Å². The molecule has 142 valence electrons. The normalized spacial score (nSPS) is 12.9. The Balaban J connectivity index is 1.47. The Morgan fingerprint density at radius 3 is 2.33 bits per heavy atom. The van der Waals surface area contributed by atoms with Gasteiger partial charge in [-0.3, -0.25) is 0 Å². The summed E-state index contributed by atoms with van der Waals surface area (Å²) in [5.41, 5.74) is 2.36. The van der Waals surface area contributed by atoms with Crippen molar-refractivity contribution >= 4 is 20.8 Å². The molecule has 0 radical (unpaired) electrons. The molecule has 4 heteroatoms. The smallest absolute Gasteiger partial charge is 0.212 e. The van der Waals surface area contributed by atoms with Gasteiger partial charge in [-0.15, -0.1) is 0 Å². The predicted molar refractivity (Wildman–Crippen MR) is 114 cm³/mol. The minimum Gasteiger partial charge on any atom is -0.215 e. The van der Waals surface area contributed by atoms with E-state index in [-0.39, 0.29) is 11.7 Å². The molecule has 0 aliphatic heterocycles. The number of rotatable bonds is 9. The van der Waals surface area contributed by atoms with Gasteiger partial charge in [0, 0.05) is 6.54 Å². The molecule has 3 aromatic rings. The standard InChI is InChI=1S/C23H27NO2S/c1-19(22-15-14-21-12-5-6-13-23(21)17-22)18-27(25,26)24-16-8-7-11-20-9-3-2-4-10-20/h2-6,9-10,12-15,17,19,24H,7-8,11,16,18H2,1H3. The Hall–Kier alpha value is -2.17. The van der Waals surface area contributed by atoms with Crippen LogP contribution in [0.1, 0.15) is 36.8 Å². The highest BCUT2D eigenvalue weighted by molar-refractivity contribution is 7.89. The van der Waals surface area contributed by atoms with Crippen LogP contribution in [0.5, 0.6) is 0 Å². The highest BCUT2D eigenvalue weighted by atomic mass is 32.2. The van der Waals surface area contributed by atoms with Crippen LogP contribution < -0.4 is 4.72 Å². The third-order valence-corrected chi connectivity index (χ3v) is 6.45. The molecule has 0 aromatic heterocycles. The van der Waals surface area contributed by atoms with Crippen molar-refractivity contribution in [2.45, 2.75) is 32.1 Å². The second-order valence-corrected chi connectivity index (χ2v) is 8.98. The Morgan fingerprint density at radius 2 is 1.56 bits per heavy atom. The number of fused-ring (bicyclic) bond motifs is 1. The summed E-state index contributed by atoms with van der Waals surface area (Å²) in [5.74, 6) is 0.0701. The molecule has 1 atom stereocenters. The Morgan fingerprint density at radius 1 is 0.852 bits per heavy atom. The summed E-state index contributed by atoms with van der Waals surface area (Å²) >= 11 is 0. The molecule has 1 N–H and O–H groups in total. The van der Waals surface area contributed by atoms with Crippen molar-refractivity contribution < 1.29 is 8.42 Å². The van der Waals surface area contributed by atoms with Crippen LogP contribution in [-0.2, 0) is 16.4 Å². The van der Waals surface area contributed by atoms with Crippen LogP contribution in [0.15, 0.2) is 72.8 Å². The Bertz CT molecular complexity index is 968. The average molecular weight is 382 g/mol. The molecule has 0 spiro atoms. The van der Waals surface area contributed by atoms with Crippen LogP contribution in [0.25, 0.3) is 10.8 Å². The number of nitrogens with one attached hydrogen (secondary N) is 1. The number of benzene rings is 3. The van der Waals surface area contributed by atoms with Gasteiger partial charge in [0.2, 0.25) is 10.0 Å². The summed E-state index contributed by atoms with van der Waals surface area (Å²) in [7, 11) is -3.28. The van der Waals surface area contributed by atoms with Crippen LogP contribution >= 0.6 is 0 Å². The van der Waals surface area contributed by atoms with Gasteiger partial charge < -0.3 is 0 Å². The third kappa shape index (κ3) is 5.91. The van der Waals surface area contributed by atoms with E-state index in [1.54, 1.807) is 0 Å². The second-order valence-electron chi connectivity index (χ2n) is 7.13. The lowest BCUT2D eigenvalue weighted by molar-refractivity contribution is 0.571. The van der Waals surface area contributed by atoms with Gasteiger partial charge in [0.25, 0.3) is 0 Å². The van der Waals surface area contributed by atoms with Gasteiger partial charge in [0.05, 0.1) is 5.75 Å². The molecule has 1 unspecified atom stereocenters. The fourth-order valence-electron chi connectivity index (χ4n) is 3.33. The number of aryl methyl sites for hydroxylation is 1. The molecule has 0 heterocycles. The zero-order valence-electron chi connectivity index (χ0n) is 15.8. The average Bonchev–Trinajstić information content (AvgIpc) is 2.67. The van der Waals surface area contributed by atoms with E-state index in [0.717, 1.165) is 30.2 Å². The molecular weight excluding hydrogens is 354 g/mol. The summed E-state index contributed by atoms with van der Waals surface area (Å²) in [5, 5.41) is 2.32. The largest absolute Gasteiger partial charge is 0.215 e. The van der Waals surface area contributed by atoms with Crippen molar-refractivity contribution in [3.8, 4) is 0 Å². The minimum absolute atomic E-state index is 0.0450. The van der Waals surface area contributed by atoms with Crippen molar-refractivity contribution in [2.24, 2.45) is 0 Å². The van der Waals surface area contributed by atoms with Crippen molar-refractivity contribution in [2.75, 3.05) is 12.3 Å². The maximum absolute atomic E-state index is 12.4. The molecule has 0 aliphatic rings. The van der Waals surface area contributed by atoms with Gasteiger partial charge in [-0.1, -0.05) is 79.7 Å². The molecule has 3 nitrogen and oxygen atoms in total. The van der Waals surface area contributed by atoms with E-state index in [9.17, 15) is 8.42 Å². The van der Waals surface area contributed by atoms with Gasteiger partial charge in [-0.25, -0.2) is 13.1 Å². The van der Waals surface area contributed by atoms with Crippen LogP contribution in [0.2, 0.25) is 0 Å². The molecule has 0 amide bonds. The summed E-state index contributed by atoms with van der Waals surface area (Å²) < 4.78 is 27.6. The number of unbranched alkanes of at least 4 members (excludes halogenated alkanes) is 1. The van der Waals surface area contributed by atoms with Gasteiger partial charge in [-0.2, -0.15) is 0 Å². The van der Waals surface area contributed by atoms with Crippen molar-refractivity contribution in [3.05, 3.63) is 83.9 Å². The lowest BCUT2D eigenvalue weighted by Crippen LogP contribution is -2.29. The molecule has 0 saturated heterocycles. The molecule has 0 fully saturated rings. The first-order valence-corrected chi connectivity index (χ1v) is 11.2. The predicted octanol–water partition coefficient (Wildman–Crippen LogP) is 4.89. The van der Waals surface area contributed by atoms with Gasteiger partial charge in [0.1, 0.15) is 0 Å². The zero-order valence-corrected chi connectivity index (χ0v) is 16.6. The van der Waals surface area contributed by atoms with Crippen LogP contribution in [-0.4, -0.2) is 20.7 Å². The van der Waals surface area contributed by atoms with E-state index in [2.05, 4.69) is 41.1 Å². The van der Waals surface area contributed by atoms with E-state index in [0.29, 0.717) is 6.54 Å². The van der Waals surface area contributed by atoms with Crippen molar-refractivity contribution in [1.29, 1.82) is 0 Å². The Labute approximate surface area is 162 Å². The van der Waals surface area contributed by atoms with E-state index in [4.69, 9.17) is 0 Å². The molecule has 3 rings (SSSR count). The summed E-state index contributed by atoms with van der Waals surface area (Å²) in [6, 6.07) is 24.6. The monoisotopic (exact) mass is 381 g/mol. The first-order valence-electron chi connectivity index (χ1n) is 9.53. The van der Waals surface area contributed by atoms with E-state index >= 15 is 0 Å². The zero-order chi connectivity index (χ0) is 19.1. The van der Waals surface area contributed by atoms with Crippen molar-refractivity contribution in [3.63, 3.8) is 0 Å². The van der Waals surface area contributed by atoms with Gasteiger partial charge >= 0.3 is 0 Å². The molecule has 0 aliphatic carbocycles. The summed E-state index contributed by atoms with van der Waals surface area (Å²) in [4.78, 5) is 0. The number of sulfonamides is 1. The molecule has 27 heavy (non-hydrogen) atoms. The minimum atomic E-state index is -3.28. The van der Waals surface area contributed by atoms with Crippen LogP contribution in [0.4, 0.5) is 0 Å². The molecule has 3 aromatic carbocycles. The highest BCUT2D eigenvalue weighted by Crippen LogP contribution is 2.22. The SMILES string of the molecule is CC(CS(=O)(=O)NCCCCc1ccccc1)c1ccc2ccccc2c1. The fraction of sp³-hybridized carbons (Fsp3) is 0.304. The number of hydrogen-bond acceptors (Lipinski definition) is 2. The summed E-state index contributed by atoms with van der Waals surface area (Å²) in [6.07, 6.45) is 2.81. The maximum Gasteiger partial charge on any atom is 0.212 e. The van der Waals surface area contributed by atoms with Crippen molar-refractivity contribution in [1.82, 2.24) is 4.72 Å². The molecule has 0 bridgehead atoms. The first-order chi connectivity index (χ1) is 13.0. The van der Waals surface area contributed by atoms with Gasteiger partial charge in [0.15, 0.2) is 0 Å². The quantitative estimate of drug-likeness (QED) is 0.537. The molecule has 0 saturated carbocycles. The summed E-state index contributed by atoms with van der Waals surface area (Å²) in [6.45, 7) is 2.47. The topological polar surface area (TPSA) is 46.2 Å². The maximum atomic E-state index is 12.4. The lowest BCUT2D eigenvalue weighted by atomic mass is 9.99. The van der Waals surface area contributed by atoms with E-state index < -0.39 is 10.0 Å². The Kier molecular flexibility index (Phi) is 6.64. The molecular formula is C23H27NO2S. The van der Waals surface area contributed by atoms with E-state index in [1.807, 2.05) is 43.3 Å². The number of hydrogen-bond donors (Lipinski definition) is 1.